The van der Waals surface area contributed by atoms with Gasteiger partial charge in [0, 0.05) is 19.4 Å². The molecule has 0 bridgehead atoms. The topological polar surface area (TPSA) is 29.5 Å². The summed E-state index contributed by atoms with van der Waals surface area (Å²) in [4.78, 5) is 0. The van der Waals surface area contributed by atoms with Crippen molar-refractivity contribution in [2.45, 2.75) is 56.9 Å². The molecule has 0 aromatic carbocycles. The molecule has 0 amide bonds. The Hall–Kier alpha value is -0.290. The van der Waals surface area contributed by atoms with Crippen LogP contribution in [0.3, 0.4) is 0 Å². The van der Waals surface area contributed by atoms with Crippen molar-refractivity contribution in [2.24, 2.45) is 0 Å². The number of rotatable bonds is 3. The number of ether oxygens (including phenoxy) is 1. The predicted molar refractivity (Wildman–Crippen MR) is 49.5 cm³/mol. The summed E-state index contributed by atoms with van der Waals surface area (Å²) in [6.07, 6.45) is -4.06. The van der Waals surface area contributed by atoms with Crippen LogP contribution >= 0.6 is 0 Å². The van der Waals surface area contributed by atoms with E-state index in [1.807, 2.05) is 6.92 Å². The molecule has 0 aromatic heterocycles. The van der Waals surface area contributed by atoms with E-state index in [2.05, 4.69) is 0 Å². The first-order valence-electron chi connectivity index (χ1n) is 5.25. The normalized spacial score (nSPS) is 33.0. The predicted octanol–water partition coefficient (Wildman–Crippen LogP) is 2.65. The van der Waals surface area contributed by atoms with E-state index in [4.69, 9.17) is 4.74 Å². The van der Waals surface area contributed by atoms with Crippen LogP contribution in [0.25, 0.3) is 0 Å². The van der Waals surface area contributed by atoms with Gasteiger partial charge in [-0.05, 0) is 19.3 Å². The van der Waals surface area contributed by atoms with Crippen molar-refractivity contribution < 1.29 is 23.0 Å². The fourth-order valence-electron chi connectivity index (χ4n) is 1.86. The van der Waals surface area contributed by atoms with Gasteiger partial charge in [0.25, 0.3) is 0 Å². The Balaban J connectivity index is 2.43. The highest BCUT2D eigenvalue weighted by molar-refractivity contribution is 4.85. The third-order valence-corrected chi connectivity index (χ3v) is 2.86. The molecule has 15 heavy (non-hydrogen) atoms. The van der Waals surface area contributed by atoms with Crippen LogP contribution < -0.4 is 0 Å². The van der Waals surface area contributed by atoms with Crippen molar-refractivity contribution in [3.05, 3.63) is 0 Å². The molecule has 0 spiro atoms. The van der Waals surface area contributed by atoms with Crippen LogP contribution in [0.15, 0.2) is 0 Å². The van der Waals surface area contributed by atoms with Gasteiger partial charge < -0.3 is 9.84 Å². The highest BCUT2D eigenvalue weighted by Gasteiger charge is 2.38. The van der Waals surface area contributed by atoms with Gasteiger partial charge in [-0.3, -0.25) is 0 Å². The third-order valence-electron chi connectivity index (χ3n) is 2.86. The SMILES string of the molecule is CCC1CC(O)(CCC(F)(F)F)CCO1. The largest absolute Gasteiger partial charge is 0.390 e. The number of alkyl halides is 3. The molecule has 1 aliphatic rings. The fraction of sp³-hybridized carbons (Fsp3) is 1.00. The van der Waals surface area contributed by atoms with E-state index < -0.39 is 18.2 Å². The first-order chi connectivity index (χ1) is 6.85. The standard InChI is InChI=1S/C10H17F3O2/c1-2-8-7-9(14,5-6-15-8)3-4-10(11,12)13/h8,14H,2-7H2,1H3. The second-order valence-corrected chi connectivity index (χ2v) is 4.19. The summed E-state index contributed by atoms with van der Waals surface area (Å²) >= 11 is 0. The smallest absolute Gasteiger partial charge is 0.389 e. The second kappa shape index (κ2) is 4.70. The van der Waals surface area contributed by atoms with Crippen LogP contribution in [0.2, 0.25) is 0 Å². The van der Waals surface area contributed by atoms with Gasteiger partial charge in [-0.15, -0.1) is 0 Å². The monoisotopic (exact) mass is 226 g/mol. The van der Waals surface area contributed by atoms with Gasteiger partial charge in [-0.25, -0.2) is 0 Å². The van der Waals surface area contributed by atoms with Crippen molar-refractivity contribution in [3.8, 4) is 0 Å². The van der Waals surface area contributed by atoms with Gasteiger partial charge in [0.15, 0.2) is 0 Å². The summed E-state index contributed by atoms with van der Waals surface area (Å²) in [6, 6.07) is 0. The fourth-order valence-corrected chi connectivity index (χ4v) is 1.86. The van der Waals surface area contributed by atoms with Crippen molar-refractivity contribution >= 4 is 0 Å². The quantitative estimate of drug-likeness (QED) is 0.801. The molecule has 1 saturated heterocycles. The Labute approximate surface area is 87.4 Å². The Bertz CT molecular complexity index is 205. The summed E-state index contributed by atoms with van der Waals surface area (Å²) in [5, 5.41) is 9.96. The van der Waals surface area contributed by atoms with Gasteiger partial charge in [-0.1, -0.05) is 6.92 Å². The van der Waals surface area contributed by atoms with Crippen LogP contribution in [0.5, 0.6) is 0 Å². The summed E-state index contributed by atoms with van der Waals surface area (Å²) in [5.74, 6) is 0. The average Bonchev–Trinajstić information content (AvgIpc) is 2.14. The number of hydrogen-bond donors (Lipinski definition) is 1. The molecular formula is C10H17F3O2. The zero-order valence-corrected chi connectivity index (χ0v) is 8.81. The minimum atomic E-state index is -4.18. The highest BCUT2D eigenvalue weighted by atomic mass is 19.4. The molecule has 2 nitrogen and oxygen atoms in total. The number of halogens is 3. The zero-order valence-electron chi connectivity index (χ0n) is 8.81. The van der Waals surface area contributed by atoms with Crippen LogP contribution in [0, 0.1) is 0 Å². The molecule has 0 aromatic rings. The van der Waals surface area contributed by atoms with Crippen molar-refractivity contribution in [1.29, 1.82) is 0 Å². The molecule has 0 saturated carbocycles. The molecule has 1 heterocycles. The van der Waals surface area contributed by atoms with Crippen molar-refractivity contribution in [2.75, 3.05) is 6.61 Å². The Kier molecular flexibility index (Phi) is 4.00. The van der Waals surface area contributed by atoms with E-state index in [1.54, 1.807) is 0 Å². The van der Waals surface area contributed by atoms with Gasteiger partial charge in [0.05, 0.1) is 11.7 Å². The summed E-state index contributed by atoms with van der Waals surface area (Å²) in [5.41, 5.74) is -1.19. The Morgan fingerprint density at radius 1 is 1.47 bits per heavy atom. The third kappa shape index (κ3) is 4.38. The maximum Gasteiger partial charge on any atom is 0.389 e. The van der Waals surface area contributed by atoms with E-state index in [9.17, 15) is 18.3 Å². The molecule has 1 N–H and O–H groups in total. The van der Waals surface area contributed by atoms with Crippen LogP contribution in [-0.4, -0.2) is 29.6 Å². The van der Waals surface area contributed by atoms with Crippen LogP contribution in [0.4, 0.5) is 13.2 Å². The molecule has 0 radical (unpaired) electrons. The van der Waals surface area contributed by atoms with Crippen molar-refractivity contribution in [3.63, 3.8) is 0 Å². The van der Waals surface area contributed by atoms with Gasteiger partial charge in [0.2, 0.25) is 0 Å². The Morgan fingerprint density at radius 3 is 2.67 bits per heavy atom. The van der Waals surface area contributed by atoms with E-state index >= 15 is 0 Å². The lowest BCUT2D eigenvalue weighted by molar-refractivity contribution is -0.161. The minimum absolute atomic E-state index is 0.100. The lowest BCUT2D eigenvalue weighted by Gasteiger charge is -2.36. The lowest BCUT2D eigenvalue weighted by atomic mass is 9.85. The molecule has 0 aliphatic carbocycles. The average molecular weight is 226 g/mol. The summed E-state index contributed by atoms with van der Waals surface area (Å²) in [7, 11) is 0. The number of aliphatic hydroxyl groups is 1. The second-order valence-electron chi connectivity index (χ2n) is 4.19. The molecule has 2 atom stereocenters. The number of hydrogen-bond acceptors (Lipinski definition) is 2. The minimum Gasteiger partial charge on any atom is -0.390 e. The van der Waals surface area contributed by atoms with Crippen molar-refractivity contribution in [1.82, 2.24) is 0 Å². The highest BCUT2D eigenvalue weighted by Crippen LogP contribution is 2.34. The first kappa shape index (κ1) is 12.8. The molecular weight excluding hydrogens is 209 g/mol. The van der Waals surface area contributed by atoms with E-state index in [-0.39, 0.29) is 12.5 Å². The molecule has 2 unspecified atom stereocenters. The first-order valence-corrected chi connectivity index (χ1v) is 5.25. The summed E-state index contributed by atoms with van der Waals surface area (Å²) in [6.45, 7) is 2.26. The zero-order chi connectivity index (χ0) is 11.5. The van der Waals surface area contributed by atoms with Gasteiger partial charge in [-0.2, -0.15) is 13.2 Å². The lowest BCUT2D eigenvalue weighted by Crippen LogP contribution is -2.41. The molecule has 1 fully saturated rings. The molecule has 5 heteroatoms. The van der Waals surface area contributed by atoms with Crippen LogP contribution in [0.1, 0.15) is 39.0 Å². The van der Waals surface area contributed by atoms with E-state index in [0.29, 0.717) is 19.4 Å². The molecule has 1 rings (SSSR count). The van der Waals surface area contributed by atoms with Crippen LogP contribution in [-0.2, 0) is 4.74 Å². The molecule has 1 aliphatic heterocycles. The van der Waals surface area contributed by atoms with E-state index in [0.717, 1.165) is 6.42 Å². The Morgan fingerprint density at radius 2 is 2.13 bits per heavy atom. The van der Waals surface area contributed by atoms with Gasteiger partial charge >= 0.3 is 6.18 Å². The van der Waals surface area contributed by atoms with Gasteiger partial charge in [0.1, 0.15) is 0 Å². The summed E-state index contributed by atoms with van der Waals surface area (Å²) < 4.78 is 41.4. The maximum atomic E-state index is 12.0. The molecule has 90 valence electrons. The maximum absolute atomic E-state index is 12.0. The van der Waals surface area contributed by atoms with E-state index in [1.165, 1.54) is 0 Å².